The minimum atomic E-state index is 0. The van der Waals surface area contributed by atoms with Gasteiger partial charge in [0.2, 0.25) is 5.95 Å². The van der Waals surface area contributed by atoms with Gasteiger partial charge in [-0.2, -0.15) is 9.97 Å². The number of rotatable bonds is 4. The van der Waals surface area contributed by atoms with E-state index in [9.17, 15) is 0 Å². The first-order valence-corrected chi connectivity index (χ1v) is 7.05. The summed E-state index contributed by atoms with van der Waals surface area (Å²) in [5, 5.41) is 0. The lowest BCUT2D eigenvalue weighted by Gasteiger charge is -2.21. The van der Waals surface area contributed by atoms with Gasteiger partial charge in [-0.15, -0.1) is 12.4 Å². The smallest absolute Gasteiger partial charge is 0.229 e. The van der Waals surface area contributed by atoms with Crippen molar-refractivity contribution in [2.45, 2.75) is 25.7 Å². The summed E-state index contributed by atoms with van der Waals surface area (Å²) in [7, 11) is 1.60. The van der Waals surface area contributed by atoms with Crippen LogP contribution in [0.1, 0.15) is 25.7 Å². The lowest BCUT2D eigenvalue weighted by Crippen LogP contribution is -2.24. The van der Waals surface area contributed by atoms with Gasteiger partial charge >= 0.3 is 0 Å². The Bertz CT molecular complexity index is 399. The zero-order valence-electron chi connectivity index (χ0n) is 11.8. The van der Waals surface area contributed by atoms with Gasteiger partial charge < -0.3 is 9.80 Å². The molecular weight excluding hydrogens is 278 g/mol. The minimum Gasteiger partial charge on any atom is -0.356 e. The van der Waals surface area contributed by atoms with Gasteiger partial charge in [0, 0.05) is 32.2 Å². The van der Waals surface area contributed by atoms with Gasteiger partial charge in [-0.1, -0.05) is 0 Å². The van der Waals surface area contributed by atoms with Crippen LogP contribution in [0.3, 0.4) is 0 Å². The molecule has 7 heteroatoms. The van der Waals surface area contributed by atoms with Crippen LogP contribution < -0.4 is 15.3 Å². The first-order valence-electron chi connectivity index (χ1n) is 7.05. The maximum Gasteiger partial charge on any atom is 0.229 e. The zero-order chi connectivity index (χ0) is 13.1. The Morgan fingerprint density at radius 3 is 2.20 bits per heavy atom. The molecule has 0 amide bonds. The Kier molecular flexibility index (Phi) is 5.25. The molecule has 0 bridgehead atoms. The second kappa shape index (κ2) is 6.95. The molecule has 0 aliphatic carbocycles. The van der Waals surface area contributed by atoms with Crippen LogP contribution in [0.25, 0.3) is 0 Å². The molecule has 2 aliphatic rings. The molecule has 0 saturated carbocycles. The Labute approximate surface area is 125 Å². The molecule has 0 spiro atoms. The average Bonchev–Trinajstić information content (AvgIpc) is 3.12. The molecule has 0 unspecified atom stereocenters. The van der Waals surface area contributed by atoms with Crippen molar-refractivity contribution in [3.63, 3.8) is 0 Å². The highest BCUT2D eigenvalue weighted by Gasteiger charge is 2.20. The molecule has 2 fully saturated rings. The molecule has 112 valence electrons. The van der Waals surface area contributed by atoms with Gasteiger partial charge in [-0.3, -0.25) is 4.84 Å². The van der Waals surface area contributed by atoms with Crippen molar-refractivity contribution in [3.8, 4) is 0 Å². The van der Waals surface area contributed by atoms with Crippen molar-refractivity contribution >= 4 is 30.0 Å². The molecule has 1 N–H and O–H groups in total. The van der Waals surface area contributed by atoms with Crippen molar-refractivity contribution in [1.82, 2.24) is 9.97 Å². The van der Waals surface area contributed by atoms with E-state index in [-0.39, 0.29) is 12.4 Å². The van der Waals surface area contributed by atoms with E-state index in [1.807, 2.05) is 6.07 Å². The van der Waals surface area contributed by atoms with E-state index in [2.05, 4.69) is 20.3 Å². The van der Waals surface area contributed by atoms with Crippen LogP contribution >= 0.6 is 12.4 Å². The SMILES string of the molecule is CONc1cc(N2CCCC2)nc(N2CCCC2)n1.Cl. The molecule has 0 radical (unpaired) electrons. The zero-order valence-corrected chi connectivity index (χ0v) is 12.7. The van der Waals surface area contributed by atoms with Crippen molar-refractivity contribution in [3.05, 3.63) is 6.07 Å². The fraction of sp³-hybridized carbons (Fsp3) is 0.692. The third kappa shape index (κ3) is 3.24. The third-order valence-electron chi connectivity index (χ3n) is 3.73. The molecule has 6 nitrogen and oxygen atoms in total. The monoisotopic (exact) mass is 299 g/mol. The second-order valence-electron chi connectivity index (χ2n) is 5.11. The van der Waals surface area contributed by atoms with E-state index < -0.39 is 0 Å². The van der Waals surface area contributed by atoms with Crippen molar-refractivity contribution < 1.29 is 4.84 Å². The molecule has 1 aromatic heterocycles. The molecule has 3 rings (SSSR count). The summed E-state index contributed by atoms with van der Waals surface area (Å²) in [6.45, 7) is 4.28. The van der Waals surface area contributed by atoms with Crippen molar-refractivity contribution in [1.29, 1.82) is 0 Å². The number of hydrogen-bond acceptors (Lipinski definition) is 6. The number of nitrogens with zero attached hydrogens (tertiary/aromatic N) is 4. The molecule has 2 saturated heterocycles. The number of hydrogen-bond donors (Lipinski definition) is 1. The number of halogens is 1. The number of anilines is 3. The van der Waals surface area contributed by atoms with E-state index in [0.717, 1.165) is 43.8 Å². The van der Waals surface area contributed by atoms with Gasteiger partial charge in [0.1, 0.15) is 5.82 Å². The third-order valence-corrected chi connectivity index (χ3v) is 3.73. The van der Waals surface area contributed by atoms with Crippen LogP contribution in [-0.4, -0.2) is 43.3 Å². The Morgan fingerprint density at radius 1 is 1.00 bits per heavy atom. The van der Waals surface area contributed by atoms with Crippen molar-refractivity contribution in [2.24, 2.45) is 0 Å². The average molecular weight is 300 g/mol. The summed E-state index contributed by atoms with van der Waals surface area (Å²) in [5.41, 5.74) is 2.83. The van der Waals surface area contributed by atoms with Gasteiger partial charge in [0.25, 0.3) is 0 Å². The summed E-state index contributed by atoms with van der Waals surface area (Å²) in [6, 6.07) is 1.97. The Morgan fingerprint density at radius 2 is 1.60 bits per heavy atom. The predicted molar refractivity (Wildman–Crippen MR) is 82.8 cm³/mol. The predicted octanol–water partition coefficient (Wildman–Crippen LogP) is 2.07. The Hall–Kier alpha value is -1.27. The summed E-state index contributed by atoms with van der Waals surface area (Å²) in [6.07, 6.45) is 4.95. The topological polar surface area (TPSA) is 53.5 Å². The van der Waals surface area contributed by atoms with E-state index in [1.54, 1.807) is 7.11 Å². The van der Waals surface area contributed by atoms with Gasteiger partial charge in [-0.05, 0) is 25.7 Å². The normalized spacial score (nSPS) is 18.2. The lowest BCUT2D eigenvalue weighted by molar-refractivity contribution is 0.269. The van der Waals surface area contributed by atoms with Crippen LogP contribution in [0.15, 0.2) is 6.07 Å². The van der Waals surface area contributed by atoms with Gasteiger partial charge in [0.15, 0.2) is 5.82 Å². The van der Waals surface area contributed by atoms with Crippen LogP contribution in [-0.2, 0) is 4.84 Å². The fourth-order valence-electron chi connectivity index (χ4n) is 2.75. The standard InChI is InChI=1S/C13H21N5O.ClH/c1-19-16-11-10-12(17-6-2-3-7-17)15-13(14-11)18-8-4-5-9-18;/h10H,2-9H2,1H3,(H,14,15,16);1H. The van der Waals surface area contributed by atoms with Crippen LogP contribution in [0.2, 0.25) is 0 Å². The quantitative estimate of drug-likeness (QED) is 0.859. The molecule has 20 heavy (non-hydrogen) atoms. The molecule has 0 atom stereocenters. The van der Waals surface area contributed by atoms with E-state index in [0.29, 0.717) is 0 Å². The summed E-state index contributed by atoms with van der Waals surface area (Å²) in [4.78, 5) is 18.8. The summed E-state index contributed by atoms with van der Waals surface area (Å²) < 4.78 is 0. The van der Waals surface area contributed by atoms with E-state index >= 15 is 0 Å². The van der Waals surface area contributed by atoms with Crippen LogP contribution in [0, 0.1) is 0 Å². The van der Waals surface area contributed by atoms with E-state index in [1.165, 1.54) is 25.7 Å². The van der Waals surface area contributed by atoms with Crippen LogP contribution in [0.5, 0.6) is 0 Å². The van der Waals surface area contributed by atoms with Crippen LogP contribution in [0.4, 0.5) is 17.6 Å². The lowest BCUT2D eigenvalue weighted by atomic mass is 10.4. The maximum atomic E-state index is 4.99. The largest absolute Gasteiger partial charge is 0.356 e. The molecular formula is C13H22ClN5O. The second-order valence-corrected chi connectivity index (χ2v) is 5.11. The highest BCUT2D eigenvalue weighted by atomic mass is 35.5. The van der Waals surface area contributed by atoms with E-state index in [4.69, 9.17) is 9.82 Å². The molecule has 3 heterocycles. The molecule has 1 aromatic rings. The number of aromatic nitrogens is 2. The first-order chi connectivity index (χ1) is 9.36. The first kappa shape index (κ1) is 15.1. The highest BCUT2D eigenvalue weighted by Crippen LogP contribution is 2.25. The molecule has 0 aromatic carbocycles. The minimum absolute atomic E-state index is 0. The molecule has 2 aliphatic heterocycles. The van der Waals surface area contributed by atoms with Gasteiger partial charge in [0.05, 0.1) is 7.11 Å². The summed E-state index contributed by atoms with van der Waals surface area (Å²) >= 11 is 0. The highest BCUT2D eigenvalue weighted by molar-refractivity contribution is 5.85. The Balaban J connectivity index is 0.00000147. The van der Waals surface area contributed by atoms with Gasteiger partial charge in [-0.25, -0.2) is 5.48 Å². The van der Waals surface area contributed by atoms with Crippen molar-refractivity contribution in [2.75, 3.05) is 48.6 Å². The maximum absolute atomic E-state index is 4.99. The fourth-order valence-corrected chi connectivity index (χ4v) is 2.75. The summed E-state index contributed by atoms with van der Waals surface area (Å²) in [5.74, 6) is 2.57. The number of nitrogens with one attached hydrogen (secondary N) is 1.